The smallest absolute Gasteiger partial charge is 0.250 e. The van der Waals surface area contributed by atoms with E-state index in [9.17, 15) is 4.79 Å². The first-order chi connectivity index (χ1) is 16.3. The SMILES string of the molecule is CC#Cc1cncc(-c2ccc3c(c2)C2(NC(S)N(C(C)C)C2=O)C2(CCC(OC)CC2)C3)c1. The predicted molar refractivity (Wildman–Crippen MR) is 137 cm³/mol. The molecule has 1 aliphatic heterocycles. The van der Waals surface area contributed by atoms with Gasteiger partial charge in [0.2, 0.25) is 5.91 Å². The van der Waals surface area contributed by atoms with Gasteiger partial charge in [0.1, 0.15) is 11.0 Å². The lowest BCUT2D eigenvalue weighted by Gasteiger charge is -2.47. The third-order valence-corrected chi connectivity index (χ3v) is 8.50. The van der Waals surface area contributed by atoms with Gasteiger partial charge in [0.15, 0.2) is 0 Å². The van der Waals surface area contributed by atoms with Crippen molar-refractivity contribution in [3.05, 3.63) is 53.3 Å². The van der Waals surface area contributed by atoms with E-state index in [4.69, 9.17) is 17.4 Å². The van der Waals surface area contributed by atoms with Crippen LogP contribution < -0.4 is 5.32 Å². The fourth-order valence-electron chi connectivity index (χ4n) is 6.50. The predicted octanol–water partition coefficient (Wildman–Crippen LogP) is 4.50. The van der Waals surface area contributed by atoms with Crippen molar-refractivity contribution in [2.75, 3.05) is 7.11 Å². The molecule has 6 heteroatoms. The van der Waals surface area contributed by atoms with Crippen LogP contribution in [-0.4, -0.2) is 40.5 Å². The van der Waals surface area contributed by atoms with Crippen LogP contribution in [0.2, 0.25) is 0 Å². The summed E-state index contributed by atoms with van der Waals surface area (Å²) in [6, 6.07) is 8.71. The molecule has 2 unspecified atom stereocenters. The summed E-state index contributed by atoms with van der Waals surface area (Å²) in [4.78, 5) is 20.6. The Bertz CT molecular complexity index is 1180. The highest BCUT2D eigenvalue weighted by Crippen LogP contribution is 2.61. The van der Waals surface area contributed by atoms with E-state index in [1.807, 2.05) is 18.0 Å². The van der Waals surface area contributed by atoms with E-state index in [2.05, 4.69) is 60.3 Å². The van der Waals surface area contributed by atoms with E-state index in [1.165, 1.54) is 5.56 Å². The number of amides is 1. The Balaban J connectivity index is 1.65. The zero-order valence-electron chi connectivity index (χ0n) is 20.4. The highest BCUT2D eigenvalue weighted by atomic mass is 32.1. The fourth-order valence-corrected chi connectivity index (χ4v) is 7.07. The second-order valence-electron chi connectivity index (χ2n) is 10.2. The fraction of sp³-hybridized carbons (Fsp3) is 0.500. The largest absolute Gasteiger partial charge is 0.381 e. The third-order valence-electron chi connectivity index (χ3n) is 8.12. The molecular formula is C28H33N3O2S. The second-order valence-corrected chi connectivity index (χ2v) is 10.7. The quantitative estimate of drug-likeness (QED) is 0.507. The number of nitrogens with zero attached hydrogens (tertiary/aromatic N) is 2. The van der Waals surface area contributed by atoms with Crippen LogP contribution in [0, 0.1) is 17.3 Å². The zero-order chi connectivity index (χ0) is 24.1. The first-order valence-corrected chi connectivity index (χ1v) is 12.7. The molecule has 2 fully saturated rings. The summed E-state index contributed by atoms with van der Waals surface area (Å²) in [6.45, 7) is 5.96. The van der Waals surface area contributed by atoms with Crippen molar-refractivity contribution in [1.82, 2.24) is 15.2 Å². The third kappa shape index (κ3) is 3.40. The highest BCUT2D eigenvalue weighted by Gasteiger charge is 2.67. The molecule has 2 aliphatic carbocycles. The monoisotopic (exact) mass is 475 g/mol. The Morgan fingerprint density at radius 1 is 1.21 bits per heavy atom. The molecule has 1 saturated carbocycles. The molecule has 1 saturated heterocycles. The van der Waals surface area contributed by atoms with Crippen molar-refractivity contribution in [3.8, 4) is 23.0 Å². The van der Waals surface area contributed by atoms with Crippen LogP contribution in [0.5, 0.6) is 0 Å². The lowest BCUT2D eigenvalue weighted by molar-refractivity contribution is -0.140. The van der Waals surface area contributed by atoms with Gasteiger partial charge in [-0.15, -0.1) is 18.5 Å². The summed E-state index contributed by atoms with van der Waals surface area (Å²) in [5.74, 6) is 6.20. The number of hydrogen-bond acceptors (Lipinski definition) is 5. The maximum atomic E-state index is 14.3. The van der Waals surface area contributed by atoms with Gasteiger partial charge < -0.3 is 9.64 Å². The van der Waals surface area contributed by atoms with Crippen LogP contribution in [-0.2, 0) is 21.5 Å². The summed E-state index contributed by atoms with van der Waals surface area (Å²) in [5, 5.41) is 3.73. The average molecular weight is 476 g/mol. The Labute approximate surface area is 208 Å². The molecule has 0 radical (unpaired) electrons. The number of ether oxygens (including phenoxy) is 1. The first kappa shape index (κ1) is 23.4. The van der Waals surface area contributed by atoms with Gasteiger partial charge in [-0.25, -0.2) is 0 Å². The summed E-state index contributed by atoms with van der Waals surface area (Å²) in [5.41, 5.74) is 4.03. The number of pyridine rings is 1. The average Bonchev–Trinajstić information content (AvgIpc) is 3.25. The summed E-state index contributed by atoms with van der Waals surface area (Å²) < 4.78 is 5.69. The van der Waals surface area contributed by atoms with Crippen LogP contribution >= 0.6 is 12.6 Å². The summed E-state index contributed by atoms with van der Waals surface area (Å²) in [6.07, 6.45) is 8.64. The maximum Gasteiger partial charge on any atom is 0.250 e. The lowest BCUT2D eigenvalue weighted by atomic mass is 9.61. The molecule has 2 atom stereocenters. The molecule has 0 bridgehead atoms. The zero-order valence-corrected chi connectivity index (χ0v) is 21.3. The van der Waals surface area contributed by atoms with Crippen molar-refractivity contribution in [2.24, 2.45) is 5.41 Å². The van der Waals surface area contributed by atoms with Gasteiger partial charge in [-0.2, -0.15) is 0 Å². The van der Waals surface area contributed by atoms with E-state index < -0.39 is 5.54 Å². The molecule has 5 nitrogen and oxygen atoms in total. The van der Waals surface area contributed by atoms with Crippen molar-refractivity contribution in [2.45, 2.75) is 76.1 Å². The molecule has 1 N–H and O–H groups in total. The molecule has 1 aromatic carbocycles. The van der Waals surface area contributed by atoms with E-state index in [1.54, 1.807) is 13.3 Å². The second kappa shape index (κ2) is 8.71. The number of hydrogen-bond donors (Lipinski definition) is 2. The standard InChI is InChI=1S/C28H33N3O2S/c1-5-6-19-13-22(17-29-16-19)20-7-8-21-15-27(11-9-23(33-4)10-12-27)28(24(21)14-20)25(32)31(18(2)3)26(34)30-28/h7-8,13-14,16-18,23,26,30,34H,9-12,15H2,1-4H3. The van der Waals surface area contributed by atoms with Gasteiger partial charge in [-0.1, -0.05) is 18.1 Å². The summed E-state index contributed by atoms with van der Waals surface area (Å²) in [7, 11) is 1.79. The maximum absolute atomic E-state index is 14.3. The molecule has 5 rings (SSSR count). The Hall–Kier alpha value is -2.33. The minimum absolute atomic E-state index is 0.0648. The van der Waals surface area contributed by atoms with Crippen LogP contribution in [0.1, 0.15) is 63.1 Å². The molecule has 2 spiro atoms. The Morgan fingerprint density at radius 3 is 2.62 bits per heavy atom. The number of aromatic nitrogens is 1. The van der Waals surface area contributed by atoms with Gasteiger partial charge in [-0.05, 0) is 81.7 Å². The highest BCUT2D eigenvalue weighted by molar-refractivity contribution is 7.80. The van der Waals surface area contributed by atoms with Gasteiger partial charge in [-0.3, -0.25) is 15.1 Å². The van der Waals surface area contributed by atoms with E-state index in [-0.39, 0.29) is 29.0 Å². The number of carbonyl (C=O) groups excluding carboxylic acids is 1. The van der Waals surface area contributed by atoms with Crippen LogP contribution in [0.25, 0.3) is 11.1 Å². The normalized spacial score (nSPS) is 30.2. The number of carbonyl (C=O) groups is 1. The minimum atomic E-state index is -0.776. The van der Waals surface area contributed by atoms with E-state index >= 15 is 0 Å². The summed E-state index contributed by atoms with van der Waals surface area (Å²) >= 11 is 4.84. The first-order valence-electron chi connectivity index (χ1n) is 12.2. The van der Waals surface area contributed by atoms with Crippen LogP contribution in [0.3, 0.4) is 0 Å². The van der Waals surface area contributed by atoms with Gasteiger partial charge in [0, 0.05) is 42.1 Å². The molecule has 178 valence electrons. The molecule has 2 aromatic rings. The molecular weight excluding hydrogens is 442 g/mol. The van der Waals surface area contributed by atoms with Crippen LogP contribution in [0.4, 0.5) is 0 Å². The Kier molecular flexibility index (Phi) is 6.00. The molecule has 1 amide bonds. The number of methoxy groups -OCH3 is 1. The van der Waals surface area contributed by atoms with Crippen molar-refractivity contribution >= 4 is 18.5 Å². The molecule has 1 aromatic heterocycles. The number of rotatable bonds is 3. The topological polar surface area (TPSA) is 54.5 Å². The molecule has 34 heavy (non-hydrogen) atoms. The van der Waals surface area contributed by atoms with Crippen LogP contribution in [0.15, 0.2) is 36.7 Å². The van der Waals surface area contributed by atoms with E-state index in [0.29, 0.717) is 0 Å². The number of thiol groups is 1. The van der Waals surface area contributed by atoms with E-state index in [0.717, 1.165) is 54.4 Å². The Morgan fingerprint density at radius 2 is 1.97 bits per heavy atom. The molecule has 3 aliphatic rings. The van der Waals surface area contributed by atoms with Crippen molar-refractivity contribution < 1.29 is 9.53 Å². The number of fused-ring (bicyclic) bond motifs is 3. The minimum Gasteiger partial charge on any atom is -0.381 e. The number of nitrogens with one attached hydrogen (secondary N) is 1. The number of benzene rings is 1. The van der Waals surface area contributed by atoms with Crippen molar-refractivity contribution in [1.29, 1.82) is 0 Å². The lowest BCUT2D eigenvalue weighted by Crippen LogP contribution is -2.57. The van der Waals surface area contributed by atoms with Gasteiger partial charge in [0.25, 0.3) is 0 Å². The van der Waals surface area contributed by atoms with Crippen molar-refractivity contribution in [3.63, 3.8) is 0 Å². The van der Waals surface area contributed by atoms with Gasteiger partial charge >= 0.3 is 0 Å². The van der Waals surface area contributed by atoms with Gasteiger partial charge in [0.05, 0.1) is 6.10 Å². The molecule has 2 heterocycles.